The van der Waals surface area contributed by atoms with E-state index in [1.807, 2.05) is 37.3 Å². The number of hydrogen-bond donors (Lipinski definition) is 0. The highest BCUT2D eigenvalue weighted by Gasteiger charge is 2.26. The maximum absolute atomic E-state index is 12.2. The van der Waals surface area contributed by atoms with Gasteiger partial charge in [0.15, 0.2) is 0 Å². The molecule has 180 valence electrons. The van der Waals surface area contributed by atoms with Crippen LogP contribution in [0.5, 0.6) is 11.5 Å². The summed E-state index contributed by atoms with van der Waals surface area (Å²) in [5.41, 5.74) is 3.68. The molecule has 0 fully saturated rings. The van der Waals surface area contributed by atoms with Gasteiger partial charge in [0, 0.05) is 43.6 Å². The molecule has 1 aliphatic rings. The number of aryl methyl sites for hydroxylation is 2. The van der Waals surface area contributed by atoms with Gasteiger partial charge in [-0.3, -0.25) is 9.69 Å². The molecule has 2 aromatic carbocycles. The van der Waals surface area contributed by atoms with Gasteiger partial charge in [0.25, 0.3) is 0 Å². The molecule has 1 aromatic heterocycles. The van der Waals surface area contributed by atoms with E-state index in [9.17, 15) is 9.59 Å². The van der Waals surface area contributed by atoms with E-state index in [-0.39, 0.29) is 19.0 Å². The lowest BCUT2D eigenvalue weighted by atomic mass is 9.97. The van der Waals surface area contributed by atoms with Crippen LogP contribution in [0.3, 0.4) is 0 Å². The number of esters is 1. The molecule has 0 aliphatic carbocycles. The number of benzene rings is 2. The van der Waals surface area contributed by atoms with Gasteiger partial charge < -0.3 is 23.4 Å². The fraction of sp³-hybridized carbons (Fsp3) is 0.385. The van der Waals surface area contributed by atoms with Gasteiger partial charge in [-0.2, -0.15) is 0 Å². The van der Waals surface area contributed by atoms with Crippen molar-refractivity contribution in [3.05, 3.63) is 69.1 Å². The topological polar surface area (TPSA) is 87.4 Å². The normalized spacial score (nSPS) is 13.4. The van der Waals surface area contributed by atoms with Crippen LogP contribution in [0.1, 0.15) is 28.7 Å². The summed E-state index contributed by atoms with van der Waals surface area (Å²) in [4.78, 5) is 26.4. The van der Waals surface area contributed by atoms with E-state index in [0.29, 0.717) is 44.2 Å². The van der Waals surface area contributed by atoms with Gasteiger partial charge in [0.05, 0.1) is 19.3 Å². The van der Waals surface area contributed by atoms with Crippen LogP contribution in [-0.2, 0) is 33.8 Å². The van der Waals surface area contributed by atoms with Crippen LogP contribution in [0.25, 0.3) is 11.0 Å². The molecule has 0 unspecified atom stereocenters. The van der Waals surface area contributed by atoms with Crippen LogP contribution >= 0.6 is 0 Å². The van der Waals surface area contributed by atoms with Crippen LogP contribution in [-0.4, -0.2) is 45.0 Å². The fourth-order valence-electron chi connectivity index (χ4n) is 4.22. The first-order valence-electron chi connectivity index (χ1n) is 11.2. The van der Waals surface area contributed by atoms with E-state index in [1.165, 1.54) is 6.07 Å². The van der Waals surface area contributed by atoms with Crippen molar-refractivity contribution in [3.63, 3.8) is 0 Å². The molecule has 0 N–H and O–H groups in total. The molecule has 0 saturated heterocycles. The highest BCUT2D eigenvalue weighted by atomic mass is 16.6. The highest BCUT2D eigenvalue weighted by molar-refractivity contribution is 5.86. The Hall–Kier alpha value is -3.36. The number of carbonyl (C=O) groups excluding carboxylic acids is 1. The van der Waals surface area contributed by atoms with Gasteiger partial charge >= 0.3 is 11.6 Å². The predicted octanol–water partition coefficient (Wildman–Crippen LogP) is 3.58. The third kappa shape index (κ3) is 5.24. The Morgan fingerprint density at radius 2 is 1.94 bits per heavy atom. The van der Waals surface area contributed by atoms with Gasteiger partial charge in [0.1, 0.15) is 30.4 Å². The summed E-state index contributed by atoms with van der Waals surface area (Å²) in [6.45, 7) is 3.96. The minimum absolute atomic E-state index is 0.214. The average Bonchev–Trinajstić information content (AvgIpc) is 2.83. The highest BCUT2D eigenvalue weighted by Crippen LogP contribution is 2.38. The number of ether oxygens (including phenoxy) is 4. The predicted molar refractivity (Wildman–Crippen MR) is 126 cm³/mol. The summed E-state index contributed by atoms with van der Waals surface area (Å²) in [7, 11) is 3.21. The Morgan fingerprint density at radius 3 is 2.74 bits per heavy atom. The Balaban J connectivity index is 1.64. The number of rotatable bonds is 9. The zero-order valence-corrected chi connectivity index (χ0v) is 19.7. The van der Waals surface area contributed by atoms with Gasteiger partial charge in [-0.15, -0.1) is 0 Å². The lowest BCUT2D eigenvalue weighted by molar-refractivity contribution is -0.144. The zero-order valence-electron chi connectivity index (χ0n) is 19.7. The van der Waals surface area contributed by atoms with E-state index in [4.69, 9.17) is 23.4 Å². The number of para-hydroxylation sites is 1. The Labute approximate surface area is 198 Å². The molecule has 8 nitrogen and oxygen atoms in total. The SMILES string of the molecule is COCCOC(=O)CCc1cc2c(C)cc(=O)oc2c2c1OCN(Cc1ccccc1OC)C2. The first-order valence-corrected chi connectivity index (χ1v) is 11.2. The summed E-state index contributed by atoms with van der Waals surface area (Å²) in [6, 6.07) is 11.3. The third-order valence-corrected chi connectivity index (χ3v) is 5.87. The van der Waals surface area contributed by atoms with Crippen LogP contribution in [0.4, 0.5) is 0 Å². The molecule has 4 rings (SSSR count). The minimum atomic E-state index is -0.400. The quantitative estimate of drug-likeness (QED) is 0.268. The molecule has 8 heteroatoms. The third-order valence-electron chi connectivity index (χ3n) is 5.87. The maximum atomic E-state index is 12.2. The largest absolute Gasteiger partial charge is 0.496 e. The first kappa shape index (κ1) is 23.8. The van der Waals surface area contributed by atoms with Crippen molar-refractivity contribution in [2.24, 2.45) is 0 Å². The molecule has 2 heterocycles. The smallest absolute Gasteiger partial charge is 0.336 e. The molecule has 34 heavy (non-hydrogen) atoms. The Kier molecular flexibility index (Phi) is 7.49. The molecule has 0 saturated carbocycles. The monoisotopic (exact) mass is 467 g/mol. The van der Waals surface area contributed by atoms with Crippen molar-refractivity contribution in [2.75, 3.05) is 34.2 Å². The number of methoxy groups -OCH3 is 2. The Morgan fingerprint density at radius 1 is 1.12 bits per heavy atom. The van der Waals surface area contributed by atoms with Crippen LogP contribution in [0.2, 0.25) is 0 Å². The lowest BCUT2D eigenvalue weighted by Gasteiger charge is -2.31. The summed E-state index contributed by atoms with van der Waals surface area (Å²) in [5, 5.41) is 0.837. The number of carbonyl (C=O) groups is 1. The van der Waals surface area contributed by atoms with Crippen molar-refractivity contribution < 1.29 is 28.2 Å². The van der Waals surface area contributed by atoms with Crippen molar-refractivity contribution in [1.82, 2.24) is 4.90 Å². The second-order valence-electron chi connectivity index (χ2n) is 8.25. The van der Waals surface area contributed by atoms with Crippen LogP contribution < -0.4 is 15.1 Å². The lowest BCUT2D eigenvalue weighted by Crippen LogP contribution is -2.32. The number of hydrogen-bond acceptors (Lipinski definition) is 8. The van der Waals surface area contributed by atoms with Crippen molar-refractivity contribution >= 4 is 16.9 Å². The molecule has 0 amide bonds. The summed E-state index contributed by atoms with van der Waals surface area (Å²) < 4.78 is 27.4. The maximum Gasteiger partial charge on any atom is 0.336 e. The van der Waals surface area contributed by atoms with Gasteiger partial charge in [-0.05, 0) is 36.6 Å². The van der Waals surface area contributed by atoms with Crippen molar-refractivity contribution in [3.8, 4) is 11.5 Å². The number of nitrogens with zero attached hydrogens (tertiary/aromatic N) is 1. The standard InChI is InChI=1S/C26H29NO7/c1-17-12-24(29)34-26-20(17)13-18(8-9-23(28)32-11-10-30-2)25-21(26)15-27(16-33-25)14-19-6-4-5-7-22(19)31-3/h4-7,12-13H,8-11,14-16H2,1-3H3. The molecule has 0 radical (unpaired) electrons. The second kappa shape index (κ2) is 10.7. The zero-order chi connectivity index (χ0) is 24.1. The van der Waals surface area contributed by atoms with E-state index in [1.54, 1.807) is 14.2 Å². The fourth-order valence-corrected chi connectivity index (χ4v) is 4.22. The van der Waals surface area contributed by atoms with Gasteiger partial charge in [-0.25, -0.2) is 4.79 Å². The molecule has 3 aromatic rings. The molecule has 0 spiro atoms. The van der Waals surface area contributed by atoms with Crippen molar-refractivity contribution in [1.29, 1.82) is 0 Å². The van der Waals surface area contributed by atoms with Crippen molar-refractivity contribution in [2.45, 2.75) is 32.9 Å². The Bertz CT molecular complexity index is 1230. The van der Waals surface area contributed by atoms with E-state index in [2.05, 4.69) is 4.90 Å². The molecule has 1 aliphatic heterocycles. The van der Waals surface area contributed by atoms with E-state index < -0.39 is 5.63 Å². The first-order chi connectivity index (χ1) is 16.5. The summed E-state index contributed by atoms with van der Waals surface area (Å²) in [6.07, 6.45) is 0.668. The second-order valence-corrected chi connectivity index (χ2v) is 8.25. The van der Waals surface area contributed by atoms with Crippen LogP contribution in [0, 0.1) is 6.92 Å². The van der Waals surface area contributed by atoms with Gasteiger partial charge in [-0.1, -0.05) is 18.2 Å². The molecular formula is C26H29NO7. The molecule has 0 bridgehead atoms. The van der Waals surface area contributed by atoms with Crippen LogP contribution in [0.15, 0.2) is 45.6 Å². The summed E-state index contributed by atoms with van der Waals surface area (Å²) >= 11 is 0. The van der Waals surface area contributed by atoms with E-state index >= 15 is 0 Å². The van der Waals surface area contributed by atoms with Gasteiger partial charge in [0.2, 0.25) is 0 Å². The molecular weight excluding hydrogens is 438 g/mol. The average molecular weight is 468 g/mol. The minimum Gasteiger partial charge on any atom is -0.496 e. The number of fused-ring (bicyclic) bond motifs is 3. The summed E-state index contributed by atoms with van der Waals surface area (Å²) in [5.74, 6) is 1.18. The van der Waals surface area contributed by atoms with E-state index in [0.717, 1.165) is 33.4 Å². The molecule has 0 atom stereocenters.